The molecule has 3 fully saturated rings. The Labute approximate surface area is 194 Å². The average molecular weight is 469 g/mol. The number of carbonyl (C=O) groups excluding carboxylic acids is 3. The number of nitrogens with zero attached hydrogens (tertiary/aromatic N) is 2. The van der Waals surface area contributed by atoms with Crippen LogP contribution in [-0.2, 0) is 23.9 Å². The Morgan fingerprint density at radius 2 is 1.91 bits per heavy atom. The number of thioether (sulfide) groups is 1. The molecule has 2 saturated heterocycles. The highest BCUT2D eigenvalue weighted by atomic mass is 32.2. The molecule has 2 heterocycles. The minimum atomic E-state index is -0.840. The first-order valence-corrected chi connectivity index (χ1v) is 12.7. The van der Waals surface area contributed by atoms with E-state index in [1.165, 1.54) is 11.8 Å². The number of nitrogens with one attached hydrogen (secondary N) is 2. The molecule has 1 saturated carbocycles. The van der Waals surface area contributed by atoms with E-state index in [-0.39, 0.29) is 23.8 Å². The van der Waals surface area contributed by atoms with Crippen LogP contribution in [0.5, 0.6) is 0 Å². The summed E-state index contributed by atoms with van der Waals surface area (Å²) in [4.78, 5) is 40.8. The summed E-state index contributed by atoms with van der Waals surface area (Å²) in [6.45, 7) is 4.35. The Bertz CT molecular complexity index is 692. The lowest BCUT2D eigenvalue weighted by Crippen LogP contribution is -2.53. The summed E-state index contributed by atoms with van der Waals surface area (Å²) < 4.78 is 10.6. The SMILES string of the molecule is COCCN1/C(=N/NC(=O)C(=O)[C@H](NC(=O)C2CCCCC2)C2CCOCC2)SC[C@H]1C. The third kappa shape index (κ3) is 6.68. The lowest BCUT2D eigenvalue weighted by molar-refractivity contribution is -0.142. The molecule has 0 aromatic carbocycles. The zero-order valence-electron chi connectivity index (χ0n) is 19.1. The second kappa shape index (κ2) is 12.6. The zero-order valence-corrected chi connectivity index (χ0v) is 20.0. The zero-order chi connectivity index (χ0) is 22.9. The second-order valence-electron chi connectivity index (χ2n) is 8.82. The molecule has 32 heavy (non-hydrogen) atoms. The molecule has 2 amide bonds. The molecule has 2 atom stereocenters. The van der Waals surface area contributed by atoms with Gasteiger partial charge in [-0.05, 0) is 38.5 Å². The van der Waals surface area contributed by atoms with Crippen LogP contribution in [0.1, 0.15) is 51.9 Å². The minimum Gasteiger partial charge on any atom is -0.383 e. The highest BCUT2D eigenvalue weighted by Gasteiger charge is 2.36. The lowest BCUT2D eigenvalue weighted by atomic mass is 9.85. The molecule has 0 spiro atoms. The van der Waals surface area contributed by atoms with Crippen molar-refractivity contribution in [2.24, 2.45) is 16.9 Å². The van der Waals surface area contributed by atoms with Crippen LogP contribution in [0.3, 0.4) is 0 Å². The number of hydrazone groups is 1. The van der Waals surface area contributed by atoms with Gasteiger partial charge >= 0.3 is 5.91 Å². The third-order valence-corrected chi connectivity index (χ3v) is 7.77. The maximum Gasteiger partial charge on any atom is 0.309 e. The van der Waals surface area contributed by atoms with Gasteiger partial charge < -0.3 is 19.7 Å². The van der Waals surface area contributed by atoms with Crippen molar-refractivity contribution in [3.63, 3.8) is 0 Å². The monoisotopic (exact) mass is 468 g/mol. The van der Waals surface area contributed by atoms with Gasteiger partial charge in [-0.15, -0.1) is 5.10 Å². The lowest BCUT2D eigenvalue weighted by Gasteiger charge is -2.31. The van der Waals surface area contributed by atoms with E-state index in [2.05, 4.69) is 27.7 Å². The Balaban J connectivity index is 1.65. The summed E-state index contributed by atoms with van der Waals surface area (Å²) in [5.41, 5.74) is 2.44. The Morgan fingerprint density at radius 3 is 2.59 bits per heavy atom. The van der Waals surface area contributed by atoms with Gasteiger partial charge in [0.25, 0.3) is 0 Å². The van der Waals surface area contributed by atoms with E-state index in [4.69, 9.17) is 9.47 Å². The van der Waals surface area contributed by atoms with Crippen molar-refractivity contribution >= 4 is 34.5 Å². The smallest absolute Gasteiger partial charge is 0.309 e. The molecule has 0 radical (unpaired) electrons. The molecule has 10 heteroatoms. The molecule has 1 aliphatic carbocycles. The van der Waals surface area contributed by atoms with E-state index in [1.54, 1.807) is 7.11 Å². The van der Waals surface area contributed by atoms with Crippen LogP contribution in [0, 0.1) is 11.8 Å². The summed E-state index contributed by atoms with van der Waals surface area (Å²) in [7, 11) is 1.64. The van der Waals surface area contributed by atoms with Crippen molar-refractivity contribution in [3.8, 4) is 0 Å². The van der Waals surface area contributed by atoms with Crippen molar-refractivity contribution in [1.82, 2.24) is 15.6 Å². The summed E-state index contributed by atoms with van der Waals surface area (Å²) in [5.74, 6) is -0.863. The maximum atomic E-state index is 13.1. The van der Waals surface area contributed by atoms with E-state index in [0.717, 1.165) is 37.9 Å². The van der Waals surface area contributed by atoms with Crippen molar-refractivity contribution in [3.05, 3.63) is 0 Å². The topological polar surface area (TPSA) is 109 Å². The molecule has 0 aromatic rings. The predicted molar refractivity (Wildman–Crippen MR) is 123 cm³/mol. The number of Topliss-reactive ketones (excluding diaryl/α,β-unsaturated/α-hetero) is 1. The molecule has 9 nitrogen and oxygen atoms in total. The molecular formula is C22H36N4O5S. The summed E-state index contributed by atoms with van der Waals surface area (Å²) in [5, 5.41) is 7.81. The highest BCUT2D eigenvalue weighted by Crippen LogP contribution is 2.26. The van der Waals surface area contributed by atoms with E-state index >= 15 is 0 Å². The van der Waals surface area contributed by atoms with Crippen molar-refractivity contribution in [1.29, 1.82) is 0 Å². The van der Waals surface area contributed by atoms with Gasteiger partial charge in [0.2, 0.25) is 11.7 Å². The third-order valence-electron chi connectivity index (χ3n) is 6.54. The van der Waals surface area contributed by atoms with E-state index < -0.39 is 17.7 Å². The van der Waals surface area contributed by atoms with Gasteiger partial charge in [0, 0.05) is 44.6 Å². The number of ether oxygens (including phenoxy) is 2. The number of ketones is 1. The first kappa shape index (κ1) is 25.0. The fraction of sp³-hybridized carbons (Fsp3) is 0.818. The molecule has 0 aromatic heterocycles. The largest absolute Gasteiger partial charge is 0.383 e. The van der Waals surface area contributed by atoms with Gasteiger partial charge in [-0.3, -0.25) is 14.4 Å². The van der Waals surface area contributed by atoms with E-state index in [9.17, 15) is 14.4 Å². The molecule has 180 valence electrons. The van der Waals surface area contributed by atoms with Crippen LogP contribution in [0.2, 0.25) is 0 Å². The number of carbonyl (C=O) groups is 3. The average Bonchev–Trinajstić information content (AvgIpc) is 3.19. The van der Waals surface area contributed by atoms with Crippen molar-refractivity contribution in [2.45, 2.75) is 64.0 Å². The summed E-state index contributed by atoms with van der Waals surface area (Å²) in [6.07, 6.45) is 6.17. The number of amidine groups is 1. The van der Waals surface area contributed by atoms with Gasteiger partial charge in [0.15, 0.2) is 5.17 Å². The van der Waals surface area contributed by atoms with Gasteiger partial charge in [-0.1, -0.05) is 31.0 Å². The van der Waals surface area contributed by atoms with Crippen LogP contribution < -0.4 is 10.7 Å². The fourth-order valence-corrected chi connectivity index (χ4v) is 5.65. The number of amides is 2. The Kier molecular flexibility index (Phi) is 9.80. The van der Waals surface area contributed by atoms with Gasteiger partial charge in [0.1, 0.15) is 6.04 Å². The number of methoxy groups -OCH3 is 1. The molecule has 2 N–H and O–H groups in total. The van der Waals surface area contributed by atoms with Gasteiger partial charge in [0.05, 0.1) is 6.61 Å². The number of hydrogen-bond acceptors (Lipinski definition) is 7. The van der Waals surface area contributed by atoms with Crippen LogP contribution >= 0.6 is 11.8 Å². The first-order valence-electron chi connectivity index (χ1n) is 11.7. The molecular weight excluding hydrogens is 432 g/mol. The maximum absolute atomic E-state index is 13.1. The Hall–Kier alpha value is -1.65. The first-order chi connectivity index (χ1) is 15.5. The van der Waals surface area contributed by atoms with Crippen LogP contribution in [0.4, 0.5) is 0 Å². The van der Waals surface area contributed by atoms with Crippen LogP contribution in [-0.4, -0.2) is 79.0 Å². The summed E-state index contributed by atoms with van der Waals surface area (Å²) >= 11 is 1.54. The second-order valence-corrected chi connectivity index (χ2v) is 9.80. The Morgan fingerprint density at radius 1 is 1.19 bits per heavy atom. The molecule has 2 aliphatic heterocycles. The normalized spacial score (nSPS) is 25.0. The fourth-order valence-electron chi connectivity index (χ4n) is 4.54. The van der Waals surface area contributed by atoms with Crippen molar-refractivity contribution in [2.75, 3.05) is 39.2 Å². The molecule has 3 rings (SSSR count). The number of rotatable bonds is 9. The minimum absolute atomic E-state index is 0.0760. The summed E-state index contributed by atoms with van der Waals surface area (Å²) in [6, 6.07) is -0.570. The van der Waals surface area contributed by atoms with E-state index in [0.29, 0.717) is 44.4 Å². The molecule has 0 bridgehead atoms. The van der Waals surface area contributed by atoms with Crippen LogP contribution in [0.15, 0.2) is 5.10 Å². The molecule has 0 unspecified atom stereocenters. The number of hydrogen-bond donors (Lipinski definition) is 2. The van der Waals surface area contributed by atoms with Crippen molar-refractivity contribution < 1.29 is 23.9 Å². The standard InChI is InChI=1S/C22H36N4O5S/c1-15-14-32-22(26(15)10-13-30-2)25-24-21(29)19(27)18(16-8-11-31-12-9-16)23-20(28)17-6-4-3-5-7-17/h15-18H,3-14H2,1-2H3,(H,23,28)(H,24,29)/b25-22-/t15-,18-/m1/s1. The van der Waals surface area contributed by atoms with Crippen LogP contribution in [0.25, 0.3) is 0 Å². The highest BCUT2D eigenvalue weighted by molar-refractivity contribution is 8.14. The molecule has 3 aliphatic rings. The predicted octanol–water partition coefficient (Wildman–Crippen LogP) is 1.52. The van der Waals surface area contributed by atoms with Gasteiger partial charge in [-0.25, -0.2) is 5.43 Å². The van der Waals surface area contributed by atoms with Gasteiger partial charge in [-0.2, -0.15) is 0 Å². The van der Waals surface area contributed by atoms with E-state index in [1.807, 2.05) is 0 Å². The quantitative estimate of drug-likeness (QED) is 0.390.